The van der Waals surface area contributed by atoms with Crippen LogP contribution >= 0.6 is 0 Å². The van der Waals surface area contributed by atoms with E-state index in [4.69, 9.17) is 13.6 Å². The van der Waals surface area contributed by atoms with E-state index in [2.05, 4.69) is 125 Å². The van der Waals surface area contributed by atoms with Gasteiger partial charge in [-0.1, -0.05) is 81.5 Å². The van der Waals surface area contributed by atoms with Crippen LogP contribution in [-0.2, 0) is 4.43 Å². The summed E-state index contributed by atoms with van der Waals surface area (Å²) in [6.07, 6.45) is -0.0363. The molecular formula is C27H55NO3Si3. The quantitative estimate of drug-likeness (QED) is 0.327. The fourth-order valence-electron chi connectivity index (χ4n) is 2.77. The van der Waals surface area contributed by atoms with Gasteiger partial charge in [0.25, 0.3) is 8.32 Å². The maximum Gasteiger partial charge on any atom is 0.250 e. The van der Waals surface area contributed by atoms with Gasteiger partial charge in [-0.15, -0.1) is 0 Å². The zero-order valence-corrected chi connectivity index (χ0v) is 28.2. The molecule has 1 N–H and O–H groups in total. The Kier molecular flexibility index (Phi) is 9.61. The first-order valence-corrected chi connectivity index (χ1v) is 21.6. The highest BCUT2D eigenvalue weighted by Gasteiger charge is 2.42. The molecule has 0 bridgehead atoms. The van der Waals surface area contributed by atoms with E-state index in [1.54, 1.807) is 7.11 Å². The van der Waals surface area contributed by atoms with Crippen molar-refractivity contribution in [3.63, 3.8) is 0 Å². The van der Waals surface area contributed by atoms with Crippen LogP contribution in [0.5, 0.6) is 11.5 Å². The maximum atomic E-state index is 7.00. The van der Waals surface area contributed by atoms with Crippen molar-refractivity contribution in [2.75, 3.05) is 13.7 Å². The molecule has 34 heavy (non-hydrogen) atoms. The molecule has 1 atom stereocenters. The van der Waals surface area contributed by atoms with Gasteiger partial charge < -0.3 is 18.6 Å². The van der Waals surface area contributed by atoms with Crippen LogP contribution in [0.25, 0.3) is 0 Å². The number of hydrogen-bond acceptors (Lipinski definition) is 4. The molecule has 198 valence electrons. The fraction of sp³-hybridized carbons (Fsp3) is 0.778. The van der Waals surface area contributed by atoms with Crippen molar-refractivity contribution < 1.29 is 13.6 Å². The van der Waals surface area contributed by atoms with Crippen LogP contribution in [0.1, 0.15) is 74.0 Å². The third kappa shape index (κ3) is 7.69. The monoisotopic (exact) mass is 525 g/mol. The van der Waals surface area contributed by atoms with Gasteiger partial charge in [0, 0.05) is 6.54 Å². The fourth-order valence-corrected chi connectivity index (χ4v) is 6.30. The Morgan fingerprint density at radius 3 is 1.65 bits per heavy atom. The van der Waals surface area contributed by atoms with Crippen LogP contribution in [0.3, 0.4) is 0 Å². The zero-order valence-electron chi connectivity index (χ0n) is 25.2. The summed E-state index contributed by atoms with van der Waals surface area (Å²) in [6.45, 7) is 35.5. The second-order valence-corrected chi connectivity index (χ2v) is 29.0. The Morgan fingerprint density at radius 1 is 0.735 bits per heavy atom. The number of methoxy groups -OCH3 is 1. The van der Waals surface area contributed by atoms with Gasteiger partial charge in [-0.05, 0) is 59.0 Å². The third-order valence-corrected chi connectivity index (χ3v) is 22.2. The smallest absolute Gasteiger partial charge is 0.250 e. The number of nitrogens with one attached hydrogen (secondary N) is 1. The van der Waals surface area contributed by atoms with E-state index in [-0.39, 0.29) is 21.2 Å². The molecule has 1 unspecified atom stereocenters. The van der Waals surface area contributed by atoms with Crippen molar-refractivity contribution in [3.8, 4) is 11.5 Å². The highest BCUT2D eigenvalue weighted by molar-refractivity contribution is 6.77. The van der Waals surface area contributed by atoms with Gasteiger partial charge in [0.05, 0.1) is 13.2 Å². The average molecular weight is 526 g/mol. The standard InChI is InChI=1S/C27H55NO3Si3/c1-25(2,3)32(11,12)28-20-24(31-34(15,16)27(7,8)9)21-17-18-22(23(19-21)29-10)30-33(13,14)26(4,5)6/h17-19,24,28H,20H2,1-16H3. The van der Waals surface area contributed by atoms with Gasteiger partial charge in [0.15, 0.2) is 14.1 Å². The van der Waals surface area contributed by atoms with E-state index < -0.39 is 24.9 Å². The Balaban J connectivity index is 3.40. The van der Waals surface area contributed by atoms with E-state index >= 15 is 0 Å². The van der Waals surface area contributed by atoms with Gasteiger partial charge in [-0.25, -0.2) is 0 Å². The largest absolute Gasteiger partial charge is 0.541 e. The van der Waals surface area contributed by atoms with Crippen molar-refractivity contribution in [2.45, 2.75) is 123 Å². The Bertz CT molecular complexity index is 816. The minimum Gasteiger partial charge on any atom is -0.541 e. The van der Waals surface area contributed by atoms with Gasteiger partial charge in [-0.2, -0.15) is 0 Å². The highest BCUT2D eigenvalue weighted by Crippen LogP contribution is 2.43. The zero-order chi connectivity index (χ0) is 27.0. The van der Waals surface area contributed by atoms with E-state index in [0.29, 0.717) is 0 Å². The predicted octanol–water partition coefficient (Wildman–Crippen LogP) is 8.74. The van der Waals surface area contributed by atoms with Crippen LogP contribution < -0.4 is 14.1 Å². The molecule has 0 fully saturated rings. The van der Waals surface area contributed by atoms with Crippen LogP contribution in [0, 0.1) is 0 Å². The molecule has 7 heteroatoms. The minimum atomic E-state index is -1.99. The minimum absolute atomic E-state index is 0.0363. The third-order valence-electron chi connectivity index (χ3n) is 8.58. The van der Waals surface area contributed by atoms with Crippen LogP contribution in [0.4, 0.5) is 0 Å². The molecule has 0 saturated carbocycles. The summed E-state index contributed by atoms with van der Waals surface area (Å²) in [6, 6.07) is 6.40. The number of rotatable bonds is 9. The lowest BCUT2D eigenvalue weighted by Gasteiger charge is -2.42. The lowest BCUT2D eigenvalue weighted by molar-refractivity contribution is 0.185. The molecule has 1 aromatic rings. The van der Waals surface area contributed by atoms with Crippen molar-refractivity contribution in [1.29, 1.82) is 0 Å². The molecule has 0 aliphatic heterocycles. The second-order valence-electron chi connectivity index (χ2n) is 14.4. The molecule has 0 aromatic heterocycles. The van der Waals surface area contributed by atoms with Crippen LogP contribution in [0.15, 0.2) is 18.2 Å². The predicted molar refractivity (Wildman–Crippen MR) is 157 cm³/mol. The van der Waals surface area contributed by atoms with E-state index in [9.17, 15) is 0 Å². The molecule has 1 rings (SSSR count). The summed E-state index contributed by atoms with van der Waals surface area (Å²) in [5.41, 5.74) is 1.15. The van der Waals surface area contributed by atoms with E-state index in [1.807, 2.05) is 0 Å². The highest BCUT2D eigenvalue weighted by atomic mass is 28.4. The topological polar surface area (TPSA) is 39.7 Å². The normalized spacial score (nSPS) is 15.3. The van der Waals surface area contributed by atoms with E-state index in [1.165, 1.54) is 0 Å². The molecule has 0 aliphatic rings. The van der Waals surface area contributed by atoms with Crippen LogP contribution in [0.2, 0.25) is 54.4 Å². The van der Waals surface area contributed by atoms with Crippen LogP contribution in [-0.4, -0.2) is 38.5 Å². The summed E-state index contributed by atoms with van der Waals surface area (Å²) in [4.78, 5) is 3.95. The SMILES string of the molecule is COc1cc(C(CN[Si](C)(C)C(C)(C)C)O[Si](C)(C)C(C)(C)C)ccc1O[Si](C)(C)C(C)(C)C. The number of benzene rings is 1. The first-order chi connectivity index (χ1) is 15.0. The molecule has 0 saturated heterocycles. The average Bonchev–Trinajstić information content (AvgIpc) is 2.62. The molecule has 0 radical (unpaired) electrons. The molecule has 0 spiro atoms. The first kappa shape index (κ1) is 31.4. The first-order valence-electron chi connectivity index (χ1n) is 12.7. The lowest BCUT2D eigenvalue weighted by atomic mass is 10.1. The van der Waals surface area contributed by atoms with Gasteiger partial charge in [0.1, 0.15) is 14.0 Å². The van der Waals surface area contributed by atoms with Crippen molar-refractivity contribution in [1.82, 2.24) is 4.98 Å². The molecule has 4 nitrogen and oxygen atoms in total. The molecule has 1 aromatic carbocycles. The van der Waals surface area contributed by atoms with Crippen molar-refractivity contribution in [2.24, 2.45) is 0 Å². The summed E-state index contributed by atoms with van der Waals surface area (Å²) >= 11 is 0. The maximum absolute atomic E-state index is 7.00. The van der Waals surface area contributed by atoms with E-state index in [0.717, 1.165) is 23.6 Å². The number of ether oxygens (including phenoxy) is 1. The Labute approximate surface area is 214 Å². The summed E-state index contributed by atoms with van der Waals surface area (Å²) in [7, 11) is -3.90. The van der Waals surface area contributed by atoms with Gasteiger partial charge in [0.2, 0.25) is 0 Å². The number of hydrogen-bond donors (Lipinski definition) is 1. The molecule has 0 heterocycles. The second kappa shape index (κ2) is 10.4. The molecule has 0 aliphatic carbocycles. The van der Waals surface area contributed by atoms with Gasteiger partial charge in [-0.3, -0.25) is 0 Å². The Hall–Kier alpha value is -0.609. The summed E-state index contributed by atoms with van der Waals surface area (Å²) in [5, 5.41) is 0.516. The van der Waals surface area contributed by atoms with Crippen molar-refractivity contribution >= 4 is 24.9 Å². The summed E-state index contributed by atoms with van der Waals surface area (Å²) < 4.78 is 19.4. The van der Waals surface area contributed by atoms with Crippen molar-refractivity contribution in [3.05, 3.63) is 23.8 Å². The summed E-state index contributed by atoms with van der Waals surface area (Å²) in [5.74, 6) is 1.62. The molecular weight excluding hydrogens is 471 g/mol. The lowest BCUT2D eigenvalue weighted by Crippen LogP contribution is -2.54. The molecule has 0 amide bonds. The Morgan fingerprint density at radius 2 is 1.24 bits per heavy atom. The van der Waals surface area contributed by atoms with Gasteiger partial charge >= 0.3 is 0 Å².